The van der Waals surface area contributed by atoms with Crippen molar-refractivity contribution < 1.29 is 9.90 Å². The van der Waals surface area contributed by atoms with Gasteiger partial charge in [0.05, 0.1) is 6.42 Å². The van der Waals surface area contributed by atoms with Gasteiger partial charge in [0.2, 0.25) is 0 Å². The van der Waals surface area contributed by atoms with Gasteiger partial charge in [0.1, 0.15) is 0 Å². The van der Waals surface area contributed by atoms with Gasteiger partial charge in [0.25, 0.3) is 0 Å². The van der Waals surface area contributed by atoms with Crippen LogP contribution < -0.4 is 0 Å². The second-order valence-electron chi connectivity index (χ2n) is 2.78. The summed E-state index contributed by atoms with van der Waals surface area (Å²) in [5.74, 6) is -0.776. The van der Waals surface area contributed by atoms with Crippen LogP contribution in [-0.4, -0.2) is 16.4 Å². The predicted molar refractivity (Wildman–Crippen MR) is 55.3 cm³/mol. The van der Waals surface area contributed by atoms with E-state index >= 15 is 0 Å². The molecule has 0 aliphatic rings. The zero-order valence-electron chi connectivity index (χ0n) is 7.16. The largest absolute Gasteiger partial charge is 0.481 e. The van der Waals surface area contributed by atoms with Crippen molar-refractivity contribution >= 4 is 21.9 Å². The van der Waals surface area contributed by atoms with Gasteiger partial charge in [0, 0.05) is 5.33 Å². The first kappa shape index (κ1) is 10.3. The Morgan fingerprint density at radius 2 is 1.92 bits per heavy atom. The first-order valence-corrected chi connectivity index (χ1v) is 5.20. The number of hydrogen-bond acceptors (Lipinski definition) is 1. The van der Waals surface area contributed by atoms with E-state index in [1.54, 1.807) is 0 Å². The Morgan fingerprint density at radius 3 is 2.46 bits per heavy atom. The van der Waals surface area contributed by atoms with Crippen LogP contribution >= 0.6 is 15.9 Å². The maximum atomic E-state index is 10.5. The maximum Gasteiger partial charge on any atom is 0.307 e. The van der Waals surface area contributed by atoms with Gasteiger partial charge in [-0.3, -0.25) is 4.79 Å². The predicted octanol–water partition coefficient (Wildman–Crippen LogP) is 2.25. The average molecular weight is 243 g/mol. The van der Waals surface area contributed by atoms with Gasteiger partial charge in [0.15, 0.2) is 0 Å². The number of carboxylic acid groups (broad SMARTS) is 1. The van der Waals surface area contributed by atoms with Crippen molar-refractivity contribution in [3.8, 4) is 0 Å². The Kier molecular flexibility index (Phi) is 3.96. The molecule has 0 saturated carbocycles. The summed E-state index contributed by atoms with van der Waals surface area (Å²) < 4.78 is 0. The topological polar surface area (TPSA) is 37.3 Å². The molecule has 0 atom stereocenters. The highest BCUT2D eigenvalue weighted by molar-refractivity contribution is 9.09. The van der Waals surface area contributed by atoms with E-state index in [4.69, 9.17) is 5.11 Å². The van der Waals surface area contributed by atoms with Crippen LogP contribution in [-0.2, 0) is 17.6 Å². The molecule has 0 aromatic heterocycles. The van der Waals surface area contributed by atoms with Gasteiger partial charge in [-0.1, -0.05) is 40.2 Å². The van der Waals surface area contributed by atoms with E-state index in [9.17, 15) is 4.79 Å². The molecule has 70 valence electrons. The molecule has 1 aromatic carbocycles. The lowest BCUT2D eigenvalue weighted by molar-refractivity contribution is -0.136. The second kappa shape index (κ2) is 5.02. The monoisotopic (exact) mass is 242 g/mol. The number of aryl methyl sites for hydroxylation is 1. The Labute approximate surface area is 85.7 Å². The SMILES string of the molecule is O=C(O)Cc1ccccc1CCBr. The molecule has 0 aliphatic carbocycles. The molecule has 0 heterocycles. The van der Waals surface area contributed by atoms with Crippen LogP contribution in [0.25, 0.3) is 0 Å². The Morgan fingerprint density at radius 1 is 1.31 bits per heavy atom. The lowest BCUT2D eigenvalue weighted by atomic mass is 10.0. The smallest absolute Gasteiger partial charge is 0.307 e. The number of rotatable bonds is 4. The Bertz CT molecular complexity index is 297. The van der Waals surface area contributed by atoms with Crippen LogP contribution in [0.1, 0.15) is 11.1 Å². The Balaban J connectivity index is 2.84. The van der Waals surface area contributed by atoms with Crippen molar-refractivity contribution in [3.63, 3.8) is 0 Å². The average Bonchev–Trinajstić information content (AvgIpc) is 2.08. The minimum absolute atomic E-state index is 0.114. The Hall–Kier alpha value is -0.830. The molecule has 0 saturated heterocycles. The van der Waals surface area contributed by atoms with Crippen molar-refractivity contribution in [2.45, 2.75) is 12.8 Å². The molecular formula is C10H11BrO2. The molecule has 1 rings (SSSR count). The van der Waals surface area contributed by atoms with Crippen molar-refractivity contribution in [1.29, 1.82) is 0 Å². The van der Waals surface area contributed by atoms with Crippen molar-refractivity contribution in [2.75, 3.05) is 5.33 Å². The molecule has 0 aliphatic heterocycles. The number of aliphatic carboxylic acids is 1. The van der Waals surface area contributed by atoms with E-state index < -0.39 is 5.97 Å². The summed E-state index contributed by atoms with van der Waals surface area (Å²) >= 11 is 3.34. The van der Waals surface area contributed by atoms with E-state index in [1.165, 1.54) is 0 Å². The first-order chi connectivity index (χ1) is 6.24. The molecule has 0 radical (unpaired) electrons. The normalized spacial score (nSPS) is 9.92. The van der Waals surface area contributed by atoms with Gasteiger partial charge in [-0.2, -0.15) is 0 Å². The summed E-state index contributed by atoms with van der Waals surface area (Å²) in [6.45, 7) is 0. The van der Waals surface area contributed by atoms with E-state index in [0.717, 1.165) is 22.9 Å². The summed E-state index contributed by atoms with van der Waals surface area (Å²) in [6, 6.07) is 7.64. The fraction of sp³-hybridized carbons (Fsp3) is 0.300. The number of carbonyl (C=O) groups is 1. The minimum atomic E-state index is -0.776. The highest BCUT2D eigenvalue weighted by Crippen LogP contribution is 2.11. The second-order valence-corrected chi connectivity index (χ2v) is 3.57. The van der Waals surface area contributed by atoms with E-state index in [0.29, 0.717) is 0 Å². The summed E-state index contributed by atoms with van der Waals surface area (Å²) in [6.07, 6.45) is 0.993. The molecule has 13 heavy (non-hydrogen) atoms. The molecule has 0 spiro atoms. The number of hydrogen-bond donors (Lipinski definition) is 1. The lowest BCUT2D eigenvalue weighted by Gasteiger charge is -2.04. The first-order valence-electron chi connectivity index (χ1n) is 4.08. The number of alkyl halides is 1. The van der Waals surface area contributed by atoms with Crippen molar-refractivity contribution in [3.05, 3.63) is 35.4 Å². The summed E-state index contributed by atoms with van der Waals surface area (Å²) in [4.78, 5) is 10.5. The standard InChI is InChI=1S/C10H11BrO2/c11-6-5-8-3-1-2-4-9(8)7-10(12)13/h1-4H,5-7H2,(H,12,13). The van der Waals surface area contributed by atoms with Gasteiger partial charge < -0.3 is 5.11 Å². The van der Waals surface area contributed by atoms with Gasteiger partial charge in [-0.25, -0.2) is 0 Å². The third-order valence-corrected chi connectivity index (χ3v) is 2.22. The number of carboxylic acids is 1. The van der Waals surface area contributed by atoms with Gasteiger partial charge >= 0.3 is 5.97 Å². The molecule has 2 nitrogen and oxygen atoms in total. The molecule has 0 unspecified atom stereocenters. The van der Waals surface area contributed by atoms with Crippen LogP contribution in [0.4, 0.5) is 0 Å². The molecule has 3 heteroatoms. The number of benzene rings is 1. The van der Waals surface area contributed by atoms with Gasteiger partial charge in [-0.05, 0) is 17.5 Å². The van der Waals surface area contributed by atoms with Crippen molar-refractivity contribution in [2.24, 2.45) is 0 Å². The zero-order valence-corrected chi connectivity index (χ0v) is 8.75. The van der Waals surface area contributed by atoms with Crippen LogP contribution in [0.5, 0.6) is 0 Å². The maximum absolute atomic E-state index is 10.5. The molecule has 0 amide bonds. The third kappa shape index (κ3) is 3.19. The van der Waals surface area contributed by atoms with Gasteiger partial charge in [-0.15, -0.1) is 0 Å². The highest BCUT2D eigenvalue weighted by Gasteiger charge is 2.04. The lowest BCUT2D eigenvalue weighted by Crippen LogP contribution is -2.03. The van der Waals surface area contributed by atoms with Crippen LogP contribution in [0.15, 0.2) is 24.3 Å². The van der Waals surface area contributed by atoms with Crippen LogP contribution in [0.3, 0.4) is 0 Å². The molecule has 1 N–H and O–H groups in total. The quantitative estimate of drug-likeness (QED) is 0.823. The van der Waals surface area contributed by atoms with E-state index in [-0.39, 0.29) is 6.42 Å². The summed E-state index contributed by atoms with van der Waals surface area (Å²) in [5.41, 5.74) is 2.02. The van der Waals surface area contributed by atoms with Crippen LogP contribution in [0, 0.1) is 0 Å². The van der Waals surface area contributed by atoms with E-state index in [2.05, 4.69) is 15.9 Å². The fourth-order valence-corrected chi connectivity index (χ4v) is 1.67. The summed E-state index contributed by atoms with van der Waals surface area (Å²) in [5, 5.41) is 9.51. The fourth-order valence-electron chi connectivity index (χ4n) is 1.24. The van der Waals surface area contributed by atoms with Crippen molar-refractivity contribution in [1.82, 2.24) is 0 Å². The third-order valence-electron chi connectivity index (χ3n) is 1.82. The van der Waals surface area contributed by atoms with E-state index in [1.807, 2.05) is 24.3 Å². The molecule has 0 bridgehead atoms. The minimum Gasteiger partial charge on any atom is -0.481 e. The number of halogens is 1. The summed E-state index contributed by atoms with van der Waals surface area (Å²) in [7, 11) is 0. The van der Waals surface area contributed by atoms with Crippen LogP contribution in [0.2, 0.25) is 0 Å². The zero-order chi connectivity index (χ0) is 9.68. The molecule has 0 fully saturated rings. The molecular weight excluding hydrogens is 232 g/mol. The molecule has 1 aromatic rings. The highest BCUT2D eigenvalue weighted by atomic mass is 79.9.